The minimum absolute atomic E-state index is 0.137. The van der Waals surface area contributed by atoms with Crippen molar-refractivity contribution >= 4 is 34.6 Å². The maximum Gasteiger partial charge on any atom is 0.289 e. The van der Waals surface area contributed by atoms with Gasteiger partial charge in [0.15, 0.2) is 0 Å². The molecule has 0 aliphatic carbocycles. The van der Waals surface area contributed by atoms with Gasteiger partial charge in [-0.2, -0.15) is 5.10 Å². The second-order valence-corrected chi connectivity index (χ2v) is 5.64. The predicted octanol–water partition coefficient (Wildman–Crippen LogP) is 2.96. The highest BCUT2D eigenvalue weighted by Gasteiger charge is 2.23. The molecular formula is C15H14N4O2S. The molecule has 6 nitrogen and oxygen atoms in total. The van der Waals surface area contributed by atoms with E-state index in [1.165, 1.54) is 0 Å². The SMILES string of the molecule is COc1ccc(N=C2NC(=O)S/C2=C\c2cnn(C)c2)cc1. The Bertz CT molecular complexity index is 762. The first kappa shape index (κ1) is 14.4. The smallest absolute Gasteiger partial charge is 0.289 e. The van der Waals surface area contributed by atoms with Gasteiger partial charge in [-0.1, -0.05) is 0 Å². The molecular weight excluding hydrogens is 300 g/mol. The summed E-state index contributed by atoms with van der Waals surface area (Å²) < 4.78 is 6.83. The number of rotatable bonds is 3. The molecule has 7 heteroatoms. The maximum absolute atomic E-state index is 11.6. The zero-order valence-electron chi connectivity index (χ0n) is 12.1. The fraction of sp³-hybridized carbons (Fsp3) is 0.133. The zero-order chi connectivity index (χ0) is 15.5. The van der Waals surface area contributed by atoms with E-state index in [0.717, 1.165) is 33.7 Å². The molecule has 0 spiro atoms. The van der Waals surface area contributed by atoms with Gasteiger partial charge in [-0.25, -0.2) is 4.99 Å². The minimum atomic E-state index is -0.137. The Morgan fingerprint density at radius 1 is 1.36 bits per heavy atom. The molecule has 3 rings (SSSR count). The first-order chi connectivity index (χ1) is 10.6. The van der Waals surface area contributed by atoms with E-state index in [1.54, 1.807) is 18.0 Å². The lowest BCUT2D eigenvalue weighted by Crippen LogP contribution is -2.18. The first-order valence-corrected chi connectivity index (χ1v) is 7.38. The van der Waals surface area contributed by atoms with Crippen LogP contribution in [0.15, 0.2) is 46.6 Å². The Kier molecular flexibility index (Phi) is 3.97. The molecule has 1 aromatic carbocycles. The van der Waals surface area contributed by atoms with Crippen molar-refractivity contribution in [2.75, 3.05) is 7.11 Å². The summed E-state index contributed by atoms with van der Waals surface area (Å²) in [4.78, 5) is 16.9. The van der Waals surface area contributed by atoms with Crippen molar-refractivity contribution in [1.82, 2.24) is 15.1 Å². The van der Waals surface area contributed by atoms with Gasteiger partial charge in [-0.15, -0.1) is 0 Å². The number of carbonyl (C=O) groups is 1. The van der Waals surface area contributed by atoms with Crippen LogP contribution in [0, 0.1) is 0 Å². The van der Waals surface area contributed by atoms with Gasteiger partial charge in [0.25, 0.3) is 5.24 Å². The van der Waals surface area contributed by atoms with Crippen molar-refractivity contribution in [2.45, 2.75) is 0 Å². The topological polar surface area (TPSA) is 68.5 Å². The van der Waals surface area contributed by atoms with Crippen molar-refractivity contribution < 1.29 is 9.53 Å². The summed E-state index contributed by atoms with van der Waals surface area (Å²) in [6, 6.07) is 7.33. The van der Waals surface area contributed by atoms with Gasteiger partial charge in [0.1, 0.15) is 11.6 Å². The van der Waals surface area contributed by atoms with Crippen LogP contribution in [-0.4, -0.2) is 28.0 Å². The van der Waals surface area contributed by atoms with E-state index < -0.39 is 0 Å². The van der Waals surface area contributed by atoms with Crippen LogP contribution >= 0.6 is 11.8 Å². The second kappa shape index (κ2) is 6.07. The summed E-state index contributed by atoms with van der Waals surface area (Å²) in [5.41, 5.74) is 1.67. The van der Waals surface area contributed by atoms with Crippen LogP contribution in [0.25, 0.3) is 6.08 Å². The molecule has 1 fully saturated rings. The van der Waals surface area contributed by atoms with Gasteiger partial charge in [-0.05, 0) is 42.1 Å². The van der Waals surface area contributed by atoms with Gasteiger partial charge in [0, 0.05) is 18.8 Å². The molecule has 1 aliphatic rings. The van der Waals surface area contributed by atoms with Crippen molar-refractivity contribution in [2.24, 2.45) is 12.0 Å². The lowest BCUT2D eigenvalue weighted by atomic mass is 10.3. The summed E-state index contributed by atoms with van der Waals surface area (Å²) in [7, 11) is 3.46. The van der Waals surface area contributed by atoms with Gasteiger partial charge in [-0.3, -0.25) is 9.48 Å². The summed E-state index contributed by atoms with van der Waals surface area (Å²) in [6.45, 7) is 0. The molecule has 1 aromatic heterocycles. The van der Waals surface area contributed by atoms with E-state index in [-0.39, 0.29) is 5.24 Å². The van der Waals surface area contributed by atoms with Crippen LogP contribution < -0.4 is 10.1 Å². The number of aromatic nitrogens is 2. The number of hydrogen-bond donors (Lipinski definition) is 1. The summed E-state index contributed by atoms with van der Waals surface area (Å²) in [6.07, 6.45) is 5.50. The third-order valence-corrected chi connectivity index (χ3v) is 3.81. The van der Waals surface area contributed by atoms with Gasteiger partial charge in [0.05, 0.1) is 23.9 Å². The van der Waals surface area contributed by atoms with Crippen LogP contribution in [0.5, 0.6) is 5.75 Å². The lowest BCUT2D eigenvalue weighted by Gasteiger charge is -2.01. The summed E-state index contributed by atoms with van der Waals surface area (Å²) >= 11 is 1.12. The van der Waals surface area contributed by atoms with E-state index in [1.807, 2.05) is 43.6 Å². The highest BCUT2D eigenvalue weighted by Crippen LogP contribution is 2.28. The summed E-state index contributed by atoms with van der Waals surface area (Å²) in [5.74, 6) is 1.31. The van der Waals surface area contributed by atoms with Crippen LogP contribution in [0.1, 0.15) is 5.56 Å². The number of aliphatic imine (C=N–C) groups is 1. The number of hydrogen-bond acceptors (Lipinski definition) is 5. The Morgan fingerprint density at radius 2 is 2.14 bits per heavy atom. The highest BCUT2D eigenvalue weighted by atomic mass is 32.2. The van der Waals surface area contributed by atoms with E-state index >= 15 is 0 Å². The third kappa shape index (κ3) is 3.20. The molecule has 0 unspecified atom stereocenters. The standard InChI is InChI=1S/C15H14N4O2S/c1-19-9-10(8-16-19)7-13-14(18-15(20)22-13)17-11-3-5-12(21-2)6-4-11/h3-9H,1-2H3,(H,17,18,20)/b13-7-. The number of nitrogens with one attached hydrogen (secondary N) is 1. The average Bonchev–Trinajstić information content (AvgIpc) is 3.06. The van der Waals surface area contributed by atoms with Crippen molar-refractivity contribution in [1.29, 1.82) is 0 Å². The molecule has 112 valence electrons. The predicted molar refractivity (Wildman–Crippen MR) is 87.4 cm³/mol. The molecule has 1 amide bonds. The molecule has 0 saturated carbocycles. The molecule has 0 radical (unpaired) electrons. The fourth-order valence-corrected chi connectivity index (χ4v) is 2.70. The molecule has 2 heterocycles. The van der Waals surface area contributed by atoms with Crippen LogP contribution in [0.3, 0.4) is 0 Å². The van der Waals surface area contributed by atoms with E-state index in [2.05, 4.69) is 15.4 Å². The molecule has 0 bridgehead atoms. The number of amides is 1. The molecule has 2 aromatic rings. The maximum atomic E-state index is 11.6. The molecule has 1 N–H and O–H groups in total. The number of aryl methyl sites for hydroxylation is 1. The van der Waals surface area contributed by atoms with Crippen LogP contribution in [0.4, 0.5) is 10.5 Å². The molecule has 1 aliphatic heterocycles. The second-order valence-electron chi connectivity index (χ2n) is 4.63. The fourth-order valence-electron chi connectivity index (χ4n) is 1.96. The van der Waals surface area contributed by atoms with Crippen LogP contribution in [0.2, 0.25) is 0 Å². The van der Waals surface area contributed by atoms with Crippen molar-refractivity contribution in [3.05, 3.63) is 47.1 Å². The Morgan fingerprint density at radius 3 is 2.77 bits per heavy atom. The number of nitrogens with zero attached hydrogens (tertiary/aromatic N) is 3. The number of methoxy groups -OCH3 is 1. The number of carbonyl (C=O) groups excluding carboxylic acids is 1. The van der Waals surface area contributed by atoms with Crippen LogP contribution in [-0.2, 0) is 7.05 Å². The summed E-state index contributed by atoms with van der Waals surface area (Å²) in [5, 5.41) is 6.73. The van der Waals surface area contributed by atoms with Crippen molar-refractivity contribution in [3.8, 4) is 5.75 Å². The molecule has 22 heavy (non-hydrogen) atoms. The van der Waals surface area contributed by atoms with E-state index in [9.17, 15) is 4.79 Å². The lowest BCUT2D eigenvalue weighted by molar-refractivity contribution is 0.265. The Balaban J connectivity index is 1.90. The average molecular weight is 314 g/mol. The number of thioether (sulfide) groups is 1. The van der Waals surface area contributed by atoms with E-state index in [4.69, 9.17) is 4.74 Å². The Labute approximate surface area is 131 Å². The number of amidine groups is 1. The van der Waals surface area contributed by atoms with Crippen molar-refractivity contribution in [3.63, 3.8) is 0 Å². The largest absolute Gasteiger partial charge is 0.497 e. The number of benzene rings is 1. The Hall–Kier alpha value is -2.54. The third-order valence-electron chi connectivity index (χ3n) is 2.99. The zero-order valence-corrected chi connectivity index (χ0v) is 12.9. The number of ether oxygens (including phenoxy) is 1. The van der Waals surface area contributed by atoms with E-state index in [0.29, 0.717) is 5.84 Å². The normalized spacial score (nSPS) is 18.0. The molecule has 1 saturated heterocycles. The first-order valence-electron chi connectivity index (χ1n) is 6.56. The molecule has 0 atom stereocenters. The van der Waals surface area contributed by atoms with Gasteiger partial charge < -0.3 is 10.1 Å². The van der Waals surface area contributed by atoms with Gasteiger partial charge in [0.2, 0.25) is 0 Å². The minimum Gasteiger partial charge on any atom is -0.497 e. The quantitative estimate of drug-likeness (QED) is 0.945. The highest BCUT2D eigenvalue weighted by molar-refractivity contribution is 8.18. The van der Waals surface area contributed by atoms with Gasteiger partial charge >= 0.3 is 0 Å². The monoisotopic (exact) mass is 314 g/mol.